The first-order valence-electron chi connectivity index (χ1n) is 11.0. The normalized spacial score (nSPS) is 20.8. The van der Waals surface area contributed by atoms with Crippen LogP contribution in [0.4, 0.5) is 0 Å². The molecular formula is C23H26N8O2. The standard InChI is InChI=1S/C23H26N8O2/c1-3-4-10-26-23(2)9-7-12-30(31-21(32)19-20(25-15-24-19)27-22(31)33)18(23)14-16-13-17-8-5-6-11-29(17)28-16/h5-6,8,11,13,15,18,26H,7,9-10,12,14H2,1-2H3,(H,24,25)(H,27,33). The van der Waals surface area contributed by atoms with Gasteiger partial charge in [-0.05, 0) is 44.9 Å². The Hall–Kier alpha value is -3.84. The molecule has 33 heavy (non-hydrogen) atoms. The first-order valence-corrected chi connectivity index (χ1v) is 11.0. The Morgan fingerprint density at radius 3 is 3.03 bits per heavy atom. The minimum atomic E-state index is -0.503. The fraction of sp³-hybridized carbons (Fsp3) is 0.391. The van der Waals surface area contributed by atoms with E-state index >= 15 is 0 Å². The Morgan fingerprint density at radius 1 is 1.33 bits per heavy atom. The Kier molecular flexibility index (Phi) is 5.26. The van der Waals surface area contributed by atoms with E-state index in [1.807, 2.05) is 46.9 Å². The highest BCUT2D eigenvalue weighted by atomic mass is 16.2. The van der Waals surface area contributed by atoms with E-state index in [1.54, 1.807) is 0 Å². The van der Waals surface area contributed by atoms with Crippen molar-refractivity contribution >= 4 is 16.7 Å². The van der Waals surface area contributed by atoms with Gasteiger partial charge in [0.1, 0.15) is 0 Å². The van der Waals surface area contributed by atoms with Crippen LogP contribution < -0.4 is 21.6 Å². The molecule has 0 bridgehead atoms. The van der Waals surface area contributed by atoms with Crippen molar-refractivity contribution in [3.05, 3.63) is 63.3 Å². The van der Waals surface area contributed by atoms with E-state index in [4.69, 9.17) is 5.10 Å². The molecule has 1 aliphatic rings. The predicted molar refractivity (Wildman–Crippen MR) is 126 cm³/mol. The van der Waals surface area contributed by atoms with Crippen molar-refractivity contribution < 1.29 is 0 Å². The zero-order valence-corrected chi connectivity index (χ0v) is 18.6. The lowest BCUT2D eigenvalue weighted by Gasteiger charge is -2.49. The molecule has 2 atom stereocenters. The van der Waals surface area contributed by atoms with Gasteiger partial charge in [0.15, 0.2) is 11.2 Å². The van der Waals surface area contributed by atoms with Crippen LogP contribution in [0.2, 0.25) is 0 Å². The zero-order valence-electron chi connectivity index (χ0n) is 18.6. The van der Waals surface area contributed by atoms with Crippen molar-refractivity contribution in [2.24, 2.45) is 0 Å². The summed E-state index contributed by atoms with van der Waals surface area (Å²) in [5, 5.41) is 10.2. The van der Waals surface area contributed by atoms with E-state index in [0.717, 1.165) is 24.1 Å². The van der Waals surface area contributed by atoms with E-state index in [9.17, 15) is 9.59 Å². The third kappa shape index (κ3) is 3.70. The van der Waals surface area contributed by atoms with Crippen molar-refractivity contribution in [1.29, 1.82) is 0 Å². The van der Waals surface area contributed by atoms with Gasteiger partial charge >= 0.3 is 11.2 Å². The SMILES string of the molecule is CC#CCNC1(C)CCCN(n2c(=O)[nH]c3nc[nH]c3c2=O)C1Cc1cc2ccccn2n1. The summed E-state index contributed by atoms with van der Waals surface area (Å²) in [5.41, 5.74) is 1.11. The molecule has 3 N–H and O–H groups in total. The minimum Gasteiger partial charge on any atom is -0.339 e. The molecule has 0 aromatic carbocycles. The van der Waals surface area contributed by atoms with Gasteiger partial charge in [0.25, 0.3) is 0 Å². The molecule has 5 rings (SSSR count). The summed E-state index contributed by atoms with van der Waals surface area (Å²) >= 11 is 0. The summed E-state index contributed by atoms with van der Waals surface area (Å²) < 4.78 is 3.05. The molecule has 10 heteroatoms. The van der Waals surface area contributed by atoms with Crippen LogP contribution in [0.5, 0.6) is 0 Å². The van der Waals surface area contributed by atoms with Gasteiger partial charge in [-0.1, -0.05) is 12.0 Å². The smallest absolute Gasteiger partial charge is 0.339 e. The average molecular weight is 447 g/mol. The lowest BCUT2D eigenvalue weighted by molar-refractivity contribution is 0.198. The molecule has 4 aromatic heterocycles. The third-order valence-electron chi connectivity index (χ3n) is 6.48. The number of hydrogen-bond acceptors (Lipinski definition) is 6. The van der Waals surface area contributed by atoms with Gasteiger partial charge in [-0.25, -0.2) is 14.3 Å². The van der Waals surface area contributed by atoms with Crippen LogP contribution in [-0.2, 0) is 6.42 Å². The molecule has 0 amide bonds. The largest absolute Gasteiger partial charge is 0.349 e. The highest BCUT2D eigenvalue weighted by Crippen LogP contribution is 2.29. The fourth-order valence-corrected chi connectivity index (χ4v) is 4.80. The maximum Gasteiger partial charge on any atom is 0.349 e. The molecule has 1 aliphatic heterocycles. The summed E-state index contributed by atoms with van der Waals surface area (Å²) in [4.78, 5) is 35.9. The number of hydrogen-bond donors (Lipinski definition) is 3. The van der Waals surface area contributed by atoms with Crippen LogP contribution in [0.1, 0.15) is 32.4 Å². The highest BCUT2D eigenvalue weighted by Gasteiger charge is 2.42. The molecule has 170 valence electrons. The van der Waals surface area contributed by atoms with Crippen molar-refractivity contribution in [2.75, 3.05) is 18.1 Å². The number of aromatic nitrogens is 6. The van der Waals surface area contributed by atoms with Crippen LogP contribution in [0.3, 0.4) is 0 Å². The molecule has 0 radical (unpaired) electrons. The summed E-state index contributed by atoms with van der Waals surface area (Å²) in [6, 6.07) is 7.75. The van der Waals surface area contributed by atoms with Crippen LogP contribution in [0, 0.1) is 11.8 Å². The van der Waals surface area contributed by atoms with Crippen LogP contribution >= 0.6 is 0 Å². The van der Waals surface area contributed by atoms with Gasteiger partial charge in [0, 0.05) is 24.7 Å². The summed E-state index contributed by atoms with van der Waals surface area (Å²) in [6.45, 7) is 5.03. The van der Waals surface area contributed by atoms with E-state index in [1.165, 1.54) is 11.0 Å². The Labute approximate surface area is 189 Å². The maximum atomic E-state index is 13.3. The third-order valence-corrected chi connectivity index (χ3v) is 6.48. The zero-order chi connectivity index (χ0) is 23.0. The quantitative estimate of drug-likeness (QED) is 0.390. The number of nitrogens with zero attached hydrogens (tertiary/aromatic N) is 5. The van der Waals surface area contributed by atoms with E-state index in [0.29, 0.717) is 19.5 Å². The first kappa shape index (κ1) is 21.0. The number of rotatable bonds is 5. The van der Waals surface area contributed by atoms with Gasteiger partial charge in [-0.15, -0.1) is 5.92 Å². The number of imidazole rings is 1. The number of nitrogens with one attached hydrogen (secondary N) is 3. The second-order valence-electron chi connectivity index (χ2n) is 8.56. The molecule has 1 saturated heterocycles. The molecule has 0 spiro atoms. The second kappa shape index (κ2) is 8.26. The minimum absolute atomic E-state index is 0.214. The lowest BCUT2D eigenvalue weighted by atomic mass is 9.81. The molecule has 10 nitrogen and oxygen atoms in total. The van der Waals surface area contributed by atoms with Gasteiger partial charge in [-0.3, -0.25) is 15.1 Å². The van der Waals surface area contributed by atoms with Crippen molar-refractivity contribution in [1.82, 2.24) is 34.6 Å². The number of pyridine rings is 1. The molecule has 5 heterocycles. The van der Waals surface area contributed by atoms with Crippen molar-refractivity contribution in [2.45, 2.75) is 44.7 Å². The number of aromatic amines is 2. The molecule has 2 unspecified atom stereocenters. The topological polar surface area (TPSA) is 116 Å². The van der Waals surface area contributed by atoms with Gasteiger partial charge in [0.05, 0.1) is 30.1 Å². The molecule has 0 saturated carbocycles. The maximum absolute atomic E-state index is 13.3. The summed E-state index contributed by atoms with van der Waals surface area (Å²) in [7, 11) is 0. The van der Waals surface area contributed by atoms with Gasteiger partial charge in [0.2, 0.25) is 0 Å². The Balaban J connectivity index is 1.61. The fourth-order valence-electron chi connectivity index (χ4n) is 4.80. The molecule has 1 fully saturated rings. The molecule has 4 aromatic rings. The lowest BCUT2D eigenvalue weighted by Crippen LogP contribution is -2.69. The van der Waals surface area contributed by atoms with Crippen molar-refractivity contribution in [3.8, 4) is 11.8 Å². The Morgan fingerprint density at radius 2 is 2.21 bits per heavy atom. The van der Waals surface area contributed by atoms with Gasteiger partial charge in [-0.2, -0.15) is 9.77 Å². The van der Waals surface area contributed by atoms with E-state index in [2.05, 4.69) is 39.0 Å². The first-order chi connectivity index (χ1) is 16.0. The molecular weight excluding hydrogens is 420 g/mol. The second-order valence-corrected chi connectivity index (χ2v) is 8.56. The summed E-state index contributed by atoms with van der Waals surface area (Å²) in [6.07, 6.45) is 5.57. The van der Waals surface area contributed by atoms with Gasteiger partial charge < -0.3 is 9.99 Å². The number of fused-ring (bicyclic) bond motifs is 2. The van der Waals surface area contributed by atoms with Crippen LogP contribution in [0.25, 0.3) is 16.7 Å². The average Bonchev–Trinajstić information content (AvgIpc) is 3.42. The van der Waals surface area contributed by atoms with Crippen molar-refractivity contribution in [3.63, 3.8) is 0 Å². The van der Waals surface area contributed by atoms with E-state index < -0.39 is 16.8 Å². The van der Waals surface area contributed by atoms with Crippen LogP contribution in [0.15, 0.2) is 46.4 Å². The van der Waals surface area contributed by atoms with Crippen LogP contribution in [-0.4, -0.2) is 53.9 Å². The highest BCUT2D eigenvalue weighted by molar-refractivity contribution is 5.67. The molecule has 0 aliphatic carbocycles. The monoisotopic (exact) mass is 446 g/mol. The summed E-state index contributed by atoms with van der Waals surface area (Å²) in [5.74, 6) is 6.00. The van der Waals surface area contributed by atoms with E-state index in [-0.39, 0.29) is 17.2 Å². The Bertz CT molecular complexity index is 1450. The predicted octanol–water partition coefficient (Wildman–Crippen LogP) is 0.775. The number of piperidine rings is 1. The number of H-pyrrole nitrogens is 2.